The molecule has 0 unspecified atom stereocenters. The van der Waals surface area contributed by atoms with Gasteiger partial charge >= 0.3 is 0 Å². The van der Waals surface area contributed by atoms with E-state index in [1.54, 1.807) is 0 Å². The van der Waals surface area contributed by atoms with Gasteiger partial charge in [-0.1, -0.05) is 33.1 Å². The monoisotopic (exact) mass is 281 g/mol. The van der Waals surface area contributed by atoms with Gasteiger partial charge in [0.15, 0.2) is 5.11 Å². The zero-order chi connectivity index (χ0) is 13.7. The summed E-state index contributed by atoms with van der Waals surface area (Å²) in [6.45, 7) is 4.58. The van der Waals surface area contributed by atoms with E-state index in [-0.39, 0.29) is 0 Å². The van der Waals surface area contributed by atoms with Crippen molar-refractivity contribution in [2.45, 2.75) is 71.3 Å². The fourth-order valence-corrected chi connectivity index (χ4v) is 3.39. The highest BCUT2D eigenvalue weighted by atomic mass is 32.1. The van der Waals surface area contributed by atoms with Gasteiger partial charge in [-0.05, 0) is 56.2 Å². The normalized spacial score (nSPS) is 34.0. The number of nitrogens with zero attached hydrogens (tertiary/aromatic N) is 1. The second kappa shape index (κ2) is 7.22. The highest BCUT2D eigenvalue weighted by Gasteiger charge is 2.21. The van der Waals surface area contributed by atoms with Gasteiger partial charge in [0.25, 0.3) is 0 Å². The van der Waals surface area contributed by atoms with Gasteiger partial charge < -0.3 is 5.32 Å². The minimum Gasteiger partial charge on any atom is -0.358 e. The molecule has 0 amide bonds. The summed E-state index contributed by atoms with van der Waals surface area (Å²) in [5.41, 5.74) is 4.34. The summed E-state index contributed by atoms with van der Waals surface area (Å²) in [7, 11) is 0. The molecule has 2 N–H and O–H groups in total. The van der Waals surface area contributed by atoms with Gasteiger partial charge in [-0.2, -0.15) is 5.10 Å². The Morgan fingerprint density at radius 3 is 2.58 bits per heavy atom. The van der Waals surface area contributed by atoms with Crippen LogP contribution in [0, 0.1) is 11.8 Å². The third-order valence-corrected chi connectivity index (χ3v) is 4.83. The number of hydrogen-bond donors (Lipinski definition) is 2. The summed E-state index contributed by atoms with van der Waals surface area (Å²) in [6, 6.07) is 0.526. The first-order chi connectivity index (χ1) is 9.16. The van der Waals surface area contributed by atoms with Gasteiger partial charge in [0.05, 0.1) is 0 Å². The van der Waals surface area contributed by atoms with Crippen LogP contribution in [0.25, 0.3) is 0 Å². The molecule has 2 rings (SSSR count). The SMILES string of the molecule is C[C@@H]1CCCC[C@H]1NC(=S)NN=C1CCCC[C@@H]1C. The fraction of sp³-hybridized carbons (Fsp3) is 0.867. The molecule has 0 aromatic heterocycles. The Hall–Kier alpha value is -0.640. The Kier molecular flexibility index (Phi) is 5.61. The highest BCUT2D eigenvalue weighted by molar-refractivity contribution is 7.80. The Labute approximate surface area is 122 Å². The molecule has 0 bridgehead atoms. The molecule has 0 aromatic rings. The molecule has 108 valence electrons. The van der Waals surface area contributed by atoms with Gasteiger partial charge in [-0.3, -0.25) is 5.43 Å². The predicted molar refractivity (Wildman–Crippen MR) is 85.4 cm³/mol. The first kappa shape index (κ1) is 14.8. The molecule has 4 heteroatoms. The molecular weight excluding hydrogens is 254 g/mol. The molecule has 2 aliphatic rings. The van der Waals surface area contributed by atoms with Gasteiger partial charge in [-0.25, -0.2) is 0 Å². The second-order valence-electron chi connectivity index (χ2n) is 6.20. The average molecular weight is 281 g/mol. The van der Waals surface area contributed by atoms with Crippen LogP contribution in [-0.2, 0) is 0 Å². The van der Waals surface area contributed by atoms with Gasteiger partial charge in [0.1, 0.15) is 0 Å². The fourth-order valence-electron chi connectivity index (χ4n) is 3.19. The van der Waals surface area contributed by atoms with Crippen LogP contribution in [0.15, 0.2) is 5.10 Å². The molecule has 0 aliphatic heterocycles. The molecule has 0 radical (unpaired) electrons. The van der Waals surface area contributed by atoms with Crippen molar-refractivity contribution in [2.24, 2.45) is 16.9 Å². The van der Waals surface area contributed by atoms with E-state index >= 15 is 0 Å². The van der Waals surface area contributed by atoms with Crippen LogP contribution in [0.3, 0.4) is 0 Å². The largest absolute Gasteiger partial charge is 0.358 e. The maximum absolute atomic E-state index is 5.37. The third kappa shape index (κ3) is 4.44. The lowest BCUT2D eigenvalue weighted by atomic mass is 9.86. The van der Waals surface area contributed by atoms with Crippen LogP contribution in [-0.4, -0.2) is 16.9 Å². The van der Waals surface area contributed by atoms with Crippen molar-refractivity contribution in [1.29, 1.82) is 0 Å². The Morgan fingerprint density at radius 1 is 1.11 bits per heavy atom. The van der Waals surface area contributed by atoms with E-state index in [4.69, 9.17) is 12.2 Å². The minimum absolute atomic E-state index is 0.526. The lowest BCUT2D eigenvalue weighted by Gasteiger charge is -2.30. The summed E-state index contributed by atoms with van der Waals surface area (Å²) in [5.74, 6) is 1.33. The lowest BCUT2D eigenvalue weighted by molar-refractivity contribution is 0.308. The molecule has 0 spiro atoms. The summed E-state index contributed by atoms with van der Waals surface area (Å²) < 4.78 is 0. The molecule has 2 fully saturated rings. The summed E-state index contributed by atoms with van der Waals surface area (Å²) >= 11 is 5.37. The van der Waals surface area contributed by atoms with E-state index in [0.29, 0.717) is 17.1 Å². The first-order valence-corrected chi connectivity index (χ1v) is 8.20. The molecule has 0 aromatic carbocycles. The van der Waals surface area contributed by atoms with Crippen LogP contribution < -0.4 is 10.7 Å². The number of rotatable bonds is 2. The summed E-state index contributed by atoms with van der Waals surface area (Å²) in [5, 5.41) is 8.65. The van der Waals surface area contributed by atoms with E-state index in [1.165, 1.54) is 50.7 Å². The highest BCUT2D eigenvalue weighted by Crippen LogP contribution is 2.23. The standard InChI is InChI=1S/C15H27N3S/c1-11-7-3-5-9-13(11)16-15(19)18-17-14-10-6-4-8-12(14)2/h11-13H,3-10H2,1-2H3,(H2,16,18,19)/t11-,12+,13-/m1/s1. The first-order valence-electron chi connectivity index (χ1n) is 7.80. The molecular formula is C15H27N3S. The van der Waals surface area contributed by atoms with Crippen molar-refractivity contribution in [3.05, 3.63) is 0 Å². The topological polar surface area (TPSA) is 36.4 Å². The van der Waals surface area contributed by atoms with Crippen molar-refractivity contribution in [3.63, 3.8) is 0 Å². The van der Waals surface area contributed by atoms with E-state index < -0.39 is 0 Å². The quantitative estimate of drug-likeness (QED) is 0.600. The molecule has 3 atom stereocenters. The number of thiocarbonyl (C=S) groups is 1. The van der Waals surface area contributed by atoms with Crippen LogP contribution >= 0.6 is 12.2 Å². The van der Waals surface area contributed by atoms with Crippen molar-refractivity contribution in [2.75, 3.05) is 0 Å². The molecule has 2 aliphatic carbocycles. The predicted octanol–water partition coefficient (Wildman–Crippen LogP) is 3.60. The van der Waals surface area contributed by atoms with Crippen molar-refractivity contribution in [3.8, 4) is 0 Å². The molecule has 2 saturated carbocycles. The van der Waals surface area contributed by atoms with Crippen LogP contribution in [0.5, 0.6) is 0 Å². The summed E-state index contributed by atoms with van der Waals surface area (Å²) in [4.78, 5) is 0. The molecule has 0 saturated heterocycles. The Balaban J connectivity index is 1.78. The zero-order valence-electron chi connectivity index (χ0n) is 12.2. The van der Waals surface area contributed by atoms with Gasteiger partial charge in [0, 0.05) is 11.8 Å². The molecule has 3 nitrogen and oxygen atoms in total. The number of hydrogen-bond acceptors (Lipinski definition) is 2. The number of nitrogens with one attached hydrogen (secondary N) is 2. The van der Waals surface area contributed by atoms with Crippen LogP contribution in [0.1, 0.15) is 65.2 Å². The maximum Gasteiger partial charge on any atom is 0.187 e. The van der Waals surface area contributed by atoms with Gasteiger partial charge in [0.2, 0.25) is 0 Å². The zero-order valence-corrected chi connectivity index (χ0v) is 13.1. The van der Waals surface area contributed by atoms with Crippen LogP contribution in [0.2, 0.25) is 0 Å². The van der Waals surface area contributed by atoms with E-state index in [0.717, 1.165) is 12.3 Å². The Morgan fingerprint density at radius 2 is 1.84 bits per heavy atom. The second-order valence-corrected chi connectivity index (χ2v) is 6.61. The smallest absolute Gasteiger partial charge is 0.187 e. The minimum atomic E-state index is 0.526. The van der Waals surface area contributed by atoms with E-state index in [2.05, 4.69) is 29.7 Å². The van der Waals surface area contributed by atoms with Crippen molar-refractivity contribution >= 4 is 23.0 Å². The number of hydrazone groups is 1. The van der Waals surface area contributed by atoms with Crippen molar-refractivity contribution < 1.29 is 0 Å². The molecule has 19 heavy (non-hydrogen) atoms. The third-order valence-electron chi connectivity index (χ3n) is 4.62. The van der Waals surface area contributed by atoms with Crippen molar-refractivity contribution in [1.82, 2.24) is 10.7 Å². The average Bonchev–Trinajstić information content (AvgIpc) is 2.40. The van der Waals surface area contributed by atoms with E-state index in [9.17, 15) is 0 Å². The maximum atomic E-state index is 5.37. The summed E-state index contributed by atoms with van der Waals surface area (Å²) in [6.07, 6.45) is 10.2. The Bertz CT molecular complexity index is 340. The van der Waals surface area contributed by atoms with Crippen LogP contribution in [0.4, 0.5) is 0 Å². The lowest BCUT2D eigenvalue weighted by Crippen LogP contribution is -2.45. The molecule has 0 heterocycles. The van der Waals surface area contributed by atoms with E-state index in [1.807, 2.05) is 0 Å². The van der Waals surface area contributed by atoms with Gasteiger partial charge in [-0.15, -0.1) is 0 Å².